The number of carbonyl (C=O) groups is 2. The SMILES string of the molecule is CC(=O)CCCNc1cc(C)nc(NC(=O)Nc2ccc(OC(C)C)cc2)n1. The molecular weight excluding hydrogens is 358 g/mol. The average molecular weight is 385 g/mol. The second-order valence-electron chi connectivity index (χ2n) is 6.72. The van der Waals surface area contributed by atoms with Crippen molar-refractivity contribution in [1.29, 1.82) is 0 Å². The number of carbonyl (C=O) groups excluding carboxylic acids is 2. The Bertz CT molecular complexity index is 806. The summed E-state index contributed by atoms with van der Waals surface area (Å²) >= 11 is 0. The zero-order valence-corrected chi connectivity index (χ0v) is 16.7. The second-order valence-corrected chi connectivity index (χ2v) is 6.72. The van der Waals surface area contributed by atoms with E-state index in [0.717, 1.165) is 17.9 Å². The topological polar surface area (TPSA) is 105 Å². The molecule has 0 unspecified atom stereocenters. The van der Waals surface area contributed by atoms with Crippen LogP contribution in [0.4, 0.5) is 22.2 Å². The van der Waals surface area contributed by atoms with Crippen molar-refractivity contribution in [1.82, 2.24) is 9.97 Å². The van der Waals surface area contributed by atoms with Gasteiger partial charge in [-0.05, 0) is 58.4 Å². The Kier molecular flexibility index (Phi) is 7.74. The summed E-state index contributed by atoms with van der Waals surface area (Å²) in [6.07, 6.45) is 1.33. The predicted octanol–water partition coefficient (Wildman–Crippen LogP) is 4.00. The minimum atomic E-state index is -0.439. The van der Waals surface area contributed by atoms with Crippen LogP contribution in [-0.4, -0.2) is 34.4 Å². The highest BCUT2D eigenvalue weighted by Gasteiger charge is 2.08. The second kappa shape index (κ2) is 10.2. The van der Waals surface area contributed by atoms with Crippen molar-refractivity contribution in [2.75, 3.05) is 22.5 Å². The van der Waals surface area contributed by atoms with Crippen LogP contribution in [-0.2, 0) is 4.79 Å². The first-order chi connectivity index (χ1) is 13.3. The molecule has 0 atom stereocenters. The van der Waals surface area contributed by atoms with Crippen LogP contribution in [0.1, 0.15) is 39.3 Å². The maximum atomic E-state index is 12.2. The van der Waals surface area contributed by atoms with Gasteiger partial charge in [-0.1, -0.05) is 0 Å². The highest BCUT2D eigenvalue weighted by molar-refractivity contribution is 5.98. The number of ether oxygens (including phenoxy) is 1. The van der Waals surface area contributed by atoms with Crippen molar-refractivity contribution in [3.63, 3.8) is 0 Å². The van der Waals surface area contributed by atoms with Crippen LogP contribution in [0.5, 0.6) is 5.75 Å². The zero-order chi connectivity index (χ0) is 20.5. The summed E-state index contributed by atoms with van der Waals surface area (Å²) in [5.41, 5.74) is 1.35. The Balaban J connectivity index is 1.91. The Morgan fingerprint density at radius 3 is 2.46 bits per heavy atom. The number of aromatic nitrogens is 2. The van der Waals surface area contributed by atoms with Gasteiger partial charge in [0, 0.05) is 30.4 Å². The first-order valence-electron chi connectivity index (χ1n) is 9.25. The molecule has 8 heteroatoms. The summed E-state index contributed by atoms with van der Waals surface area (Å²) in [5.74, 6) is 1.69. The molecule has 2 rings (SSSR count). The van der Waals surface area contributed by atoms with Gasteiger partial charge >= 0.3 is 6.03 Å². The minimum absolute atomic E-state index is 0.0887. The molecule has 3 N–H and O–H groups in total. The van der Waals surface area contributed by atoms with Crippen LogP contribution >= 0.6 is 0 Å². The fourth-order valence-electron chi connectivity index (χ4n) is 2.42. The number of ketones is 1. The van der Waals surface area contributed by atoms with Crippen molar-refractivity contribution >= 4 is 29.3 Å². The number of hydrogen-bond donors (Lipinski definition) is 3. The Hall–Kier alpha value is -3.16. The summed E-state index contributed by atoms with van der Waals surface area (Å²) in [6.45, 7) is 7.91. The van der Waals surface area contributed by atoms with E-state index in [0.29, 0.717) is 24.5 Å². The number of amides is 2. The van der Waals surface area contributed by atoms with Crippen molar-refractivity contribution in [2.24, 2.45) is 0 Å². The van der Waals surface area contributed by atoms with Gasteiger partial charge in [-0.25, -0.2) is 9.78 Å². The quantitative estimate of drug-likeness (QED) is 0.564. The van der Waals surface area contributed by atoms with E-state index in [1.54, 1.807) is 37.3 Å². The van der Waals surface area contributed by atoms with Crippen molar-refractivity contribution in [3.05, 3.63) is 36.0 Å². The highest BCUT2D eigenvalue weighted by atomic mass is 16.5. The number of nitrogens with zero attached hydrogens (tertiary/aromatic N) is 2. The molecule has 8 nitrogen and oxygen atoms in total. The van der Waals surface area contributed by atoms with Gasteiger partial charge in [0.05, 0.1) is 6.10 Å². The standard InChI is InChI=1S/C20H27N5O3/c1-13(2)28-17-9-7-16(8-10-17)23-20(27)25-19-22-14(3)12-18(24-19)21-11-5-6-15(4)26/h7-10,12-13H,5-6,11H2,1-4H3,(H3,21,22,23,24,25,27). The number of nitrogens with one attached hydrogen (secondary N) is 3. The highest BCUT2D eigenvalue weighted by Crippen LogP contribution is 2.17. The van der Waals surface area contributed by atoms with Crippen LogP contribution in [0.15, 0.2) is 30.3 Å². The zero-order valence-electron chi connectivity index (χ0n) is 16.7. The van der Waals surface area contributed by atoms with Crippen molar-refractivity contribution < 1.29 is 14.3 Å². The van der Waals surface area contributed by atoms with Crippen molar-refractivity contribution in [3.8, 4) is 5.75 Å². The average Bonchev–Trinajstić information content (AvgIpc) is 2.59. The Morgan fingerprint density at radius 2 is 1.82 bits per heavy atom. The maximum absolute atomic E-state index is 12.2. The van der Waals surface area contributed by atoms with Crippen LogP contribution in [0.25, 0.3) is 0 Å². The van der Waals surface area contributed by atoms with Gasteiger partial charge in [-0.3, -0.25) is 5.32 Å². The molecule has 0 saturated carbocycles. The number of hydrogen-bond acceptors (Lipinski definition) is 6. The van der Waals surface area contributed by atoms with Crippen molar-refractivity contribution in [2.45, 2.75) is 46.6 Å². The largest absolute Gasteiger partial charge is 0.491 e. The normalized spacial score (nSPS) is 10.5. The number of rotatable bonds is 9. The molecule has 0 aliphatic heterocycles. The first-order valence-corrected chi connectivity index (χ1v) is 9.25. The van der Waals surface area contributed by atoms with Gasteiger partial charge in [0.15, 0.2) is 0 Å². The molecule has 0 fully saturated rings. The molecule has 0 bridgehead atoms. The van der Waals surface area contributed by atoms with Crippen LogP contribution in [0, 0.1) is 6.92 Å². The molecule has 28 heavy (non-hydrogen) atoms. The van der Waals surface area contributed by atoms with Gasteiger partial charge in [0.2, 0.25) is 5.95 Å². The van der Waals surface area contributed by atoms with E-state index >= 15 is 0 Å². The lowest BCUT2D eigenvalue weighted by Crippen LogP contribution is -2.21. The van der Waals surface area contributed by atoms with Gasteiger partial charge in [-0.2, -0.15) is 4.98 Å². The third-order valence-electron chi connectivity index (χ3n) is 3.58. The van der Waals surface area contributed by atoms with E-state index in [2.05, 4.69) is 25.9 Å². The van der Waals surface area contributed by atoms with E-state index in [1.807, 2.05) is 20.8 Å². The number of urea groups is 1. The molecular formula is C20H27N5O3. The summed E-state index contributed by atoms with van der Waals surface area (Å²) in [4.78, 5) is 31.7. The monoisotopic (exact) mass is 385 g/mol. The summed E-state index contributed by atoms with van der Waals surface area (Å²) < 4.78 is 5.58. The number of Topliss-reactive ketones (excluding diaryl/α,β-unsaturated/α-hetero) is 1. The fraction of sp³-hybridized carbons (Fsp3) is 0.400. The molecule has 150 valence electrons. The van der Waals surface area contributed by atoms with Crippen LogP contribution in [0.2, 0.25) is 0 Å². The third kappa shape index (κ3) is 7.61. The molecule has 1 aromatic heterocycles. The molecule has 0 radical (unpaired) electrons. The lowest BCUT2D eigenvalue weighted by Gasteiger charge is -2.11. The van der Waals surface area contributed by atoms with E-state index in [-0.39, 0.29) is 17.8 Å². The van der Waals surface area contributed by atoms with E-state index < -0.39 is 6.03 Å². The van der Waals surface area contributed by atoms with Crippen LogP contribution in [0.3, 0.4) is 0 Å². The predicted molar refractivity (Wildman–Crippen MR) is 110 cm³/mol. The molecule has 1 aromatic carbocycles. The molecule has 0 spiro atoms. The Morgan fingerprint density at radius 1 is 1.11 bits per heavy atom. The summed E-state index contributed by atoms with van der Waals surface area (Å²) in [5, 5.41) is 8.50. The van der Waals surface area contributed by atoms with E-state index in [1.165, 1.54) is 0 Å². The molecule has 2 aromatic rings. The van der Waals surface area contributed by atoms with Gasteiger partial charge in [-0.15, -0.1) is 0 Å². The molecule has 0 aliphatic carbocycles. The minimum Gasteiger partial charge on any atom is -0.491 e. The first kappa shape index (κ1) is 21.1. The summed E-state index contributed by atoms with van der Waals surface area (Å²) in [6, 6.07) is 8.45. The van der Waals surface area contributed by atoms with Gasteiger partial charge in [0.1, 0.15) is 17.4 Å². The smallest absolute Gasteiger partial charge is 0.326 e. The van der Waals surface area contributed by atoms with E-state index in [4.69, 9.17) is 4.74 Å². The van der Waals surface area contributed by atoms with Gasteiger partial charge in [0.25, 0.3) is 0 Å². The molecule has 2 amide bonds. The third-order valence-corrected chi connectivity index (χ3v) is 3.58. The lowest BCUT2D eigenvalue weighted by molar-refractivity contribution is -0.117. The fourth-order valence-corrected chi connectivity index (χ4v) is 2.42. The molecule has 0 saturated heterocycles. The van der Waals surface area contributed by atoms with Gasteiger partial charge < -0.3 is 20.2 Å². The molecule has 0 aliphatic rings. The van der Waals surface area contributed by atoms with E-state index in [9.17, 15) is 9.59 Å². The lowest BCUT2D eigenvalue weighted by atomic mass is 10.2. The number of aryl methyl sites for hydroxylation is 1. The Labute approximate surface area is 165 Å². The number of anilines is 3. The maximum Gasteiger partial charge on any atom is 0.326 e. The molecule has 1 heterocycles. The van der Waals surface area contributed by atoms with Crippen LogP contribution < -0.4 is 20.7 Å². The number of benzene rings is 1. The summed E-state index contributed by atoms with van der Waals surface area (Å²) in [7, 11) is 0.